The van der Waals surface area contributed by atoms with Crippen molar-refractivity contribution in [1.82, 2.24) is 10.2 Å². The number of β-lactam (4-membered cyclic amide) rings is 1. The first-order valence-electron chi connectivity index (χ1n) is 9.54. The summed E-state index contributed by atoms with van der Waals surface area (Å²) < 4.78 is 20.4. The minimum Gasteiger partial charge on any atom is -0.448 e. The van der Waals surface area contributed by atoms with Crippen molar-refractivity contribution in [3.63, 3.8) is 0 Å². The molecule has 0 aliphatic carbocycles. The topological polar surface area (TPSA) is 75.7 Å². The van der Waals surface area contributed by atoms with Crippen LogP contribution in [0.5, 0.6) is 0 Å². The molecule has 2 aromatic carbocycles. The van der Waals surface area contributed by atoms with E-state index < -0.39 is 36.2 Å². The molecule has 3 rings (SSSR count). The van der Waals surface area contributed by atoms with Crippen LogP contribution in [-0.2, 0) is 19.1 Å². The van der Waals surface area contributed by atoms with Gasteiger partial charge in [-0.2, -0.15) is 0 Å². The summed E-state index contributed by atoms with van der Waals surface area (Å²) in [6.45, 7) is 4.40. The van der Waals surface area contributed by atoms with Crippen LogP contribution in [0, 0.1) is 0 Å². The molecule has 1 aliphatic heterocycles. The molecule has 1 aliphatic rings. The molecular weight excluding hydrogens is 387 g/mol. The molecule has 2 atom stereocenters. The number of esters is 1. The van der Waals surface area contributed by atoms with Crippen molar-refractivity contribution in [1.29, 1.82) is 0 Å². The Hall–Kier alpha value is -3.48. The smallest absolute Gasteiger partial charge is 0.356 e. The molecule has 1 N–H and O–H groups in total. The molecule has 6 nitrogen and oxygen atoms in total. The molecule has 7 heteroatoms. The number of amides is 2. The highest BCUT2D eigenvalue weighted by atomic mass is 19.1. The minimum atomic E-state index is -1.84. The van der Waals surface area contributed by atoms with Crippen LogP contribution in [-0.4, -0.2) is 35.0 Å². The van der Waals surface area contributed by atoms with Crippen molar-refractivity contribution in [3.05, 3.63) is 83.1 Å². The van der Waals surface area contributed by atoms with Gasteiger partial charge in [0, 0.05) is 6.92 Å². The molecule has 0 radical (unpaired) electrons. The van der Waals surface area contributed by atoms with Crippen molar-refractivity contribution in [3.8, 4) is 0 Å². The number of carbonyl (C=O) groups is 3. The van der Waals surface area contributed by atoms with E-state index in [0.29, 0.717) is 5.57 Å². The lowest BCUT2D eigenvalue weighted by Crippen LogP contribution is -2.69. The molecule has 156 valence electrons. The Bertz CT molecular complexity index is 932. The van der Waals surface area contributed by atoms with E-state index in [2.05, 4.69) is 5.32 Å². The Labute approximate surface area is 174 Å². The van der Waals surface area contributed by atoms with E-state index >= 15 is 0 Å². The fourth-order valence-electron chi connectivity index (χ4n) is 3.33. The molecule has 0 saturated carbocycles. The molecule has 1 heterocycles. The quantitative estimate of drug-likeness (QED) is 0.343. The van der Waals surface area contributed by atoms with E-state index in [-0.39, 0.29) is 5.70 Å². The second-order valence-electron chi connectivity index (χ2n) is 7.21. The van der Waals surface area contributed by atoms with E-state index in [9.17, 15) is 18.8 Å². The lowest BCUT2D eigenvalue weighted by atomic mass is 10.0. The molecule has 2 amide bonds. The van der Waals surface area contributed by atoms with E-state index in [0.717, 1.165) is 16.0 Å². The highest BCUT2D eigenvalue weighted by Gasteiger charge is 2.52. The van der Waals surface area contributed by atoms with Crippen LogP contribution in [0.15, 0.2) is 71.9 Å². The number of hydrogen-bond acceptors (Lipinski definition) is 4. The van der Waals surface area contributed by atoms with Crippen molar-refractivity contribution in [2.24, 2.45) is 0 Å². The maximum absolute atomic E-state index is 14.7. The van der Waals surface area contributed by atoms with Gasteiger partial charge in [0.1, 0.15) is 5.70 Å². The van der Waals surface area contributed by atoms with Gasteiger partial charge in [0.2, 0.25) is 12.2 Å². The number of carbonyl (C=O) groups excluding carboxylic acids is 3. The predicted molar refractivity (Wildman–Crippen MR) is 109 cm³/mol. The van der Waals surface area contributed by atoms with Gasteiger partial charge in [-0.3, -0.25) is 14.5 Å². The lowest BCUT2D eigenvalue weighted by molar-refractivity contribution is -0.165. The van der Waals surface area contributed by atoms with Gasteiger partial charge in [0.05, 0.1) is 0 Å². The molecular formula is C23H23FN2O4. The summed E-state index contributed by atoms with van der Waals surface area (Å²) in [6.07, 6.45) is -2.57. The zero-order valence-corrected chi connectivity index (χ0v) is 17.0. The third kappa shape index (κ3) is 4.25. The summed E-state index contributed by atoms with van der Waals surface area (Å²) in [5, 5.41) is 2.25. The molecule has 1 fully saturated rings. The number of rotatable bonds is 6. The van der Waals surface area contributed by atoms with Gasteiger partial charge in [0.15, 0.2) is 12.1 Å². The van der Waals surface area contributed by atoms with Crippen LogP contribution in [0.4, 0.5) is 4.39 Å². The standard InChI is InChI=1S/C23H23FN2O4/c1-14(2)19(26-21(24)18(22(26)28)25-15(3)27)23(29)30-20(16-10-6-4-7-11-16)17-12-8-5-9-13-17/h4-13,18,20-21H,1-3H3,(H,25,27). The highest BCUT2D eigenvalue weighted by molar-refractivity contribution is 6.01. The summed E-state index contributed by atoms with van der Waals surface area (Å²) in [7, 11) is 0. The Morgan fingerprint density at radius 2 is 1.47 bits per heavy atom. The Morgan fingerprint density at radius 1 is 0.967 bits per heavy atom. The molecule has 0 spiro atoms. The second kappa shape index (κ2) is 8.90. The molecule has 1 saturated heterocycles. The highest BCUT2D eigenvalue weighted by Crippen LogP contribution is 2.32. The van der Waals surface area contributed by atoms with Crippen molar-refractivity contribution in [2.45, 2.75) is 39.2 Å². The lowest BCUT2D eigenvalue weighted by Gasteiger charge is -2.42. The summed E-state index contributed by atoms with van der Waals surface area (Å²) in [6, 6.07) is 17.0. The van der Waals surface area contributed by atoms with Crippen LogP contribution in [0.1, 0.15) is 38.0 Å². The maximum Gasteiger partial charge on any atom is 0.356 e. The van der Waals surface area contributed by atoms with Gasteiger partial charge in [-0.05, 0) is 30.5 Å². The van der Waals surface area contributed by atoms with E-state index in [4.69, 9.17) is 4.74 Å². The van der Waals surface area contributed by atoms with Crippen LogP contribution in [0.3, 0.4) is 0 Å². The Kier molecular flexibility index (Phi) is 6.30. The first-order chi connectivity index (χ1) is 14.3. The van der Waals surface area contributed by atoms with Crippen LogP contribution < -0.4 is 5.32 Å². The maximum atomic E-state index is 14.7. The number of likely N-dealkylation sites (tertiary alicyclic amines) is 1. The van der Waals surface area contributed by atoms with Crippen LogP contribution >= 0.6 is 0 Å². The zero-order valence-electron chi connectivity index (χ0n) is 17.0. The number of allylic oxidation sites excluding steroid dienone is 1. The van der Waals surface area contributed by atoms with E-state index in [1.54, 1.807) is 13.8 Å². The number of ether oxygens (including phenoxy) is 1. The predicted octanol–water partition coefficient (Wildman–Crippen LogP) is 3.26. The summed E-state index contributed by atoms with van der Waals surface area (Å²) in [4.78, 5) is 37.4. The summed E-state index contributed by atoms with van der Waals surface area (Å²) >= 11 is 0. The molecule has 2 aromatic rings. The number of nitrogens with one attached hydrogen (secondary N) is 1. The number of halogens is 1. The average molecular weight is 410 g/mol. The fourth-order valence-corrected chi connectivity index (χ4v) is 3.33. The SMILES string of the molecule is CC(=O)NC1C(=O)N(C(C(=O)OC(c2ccccc2)c2ccccc2)=C(C)C)C1F. The molecule has 2 unspecified atom stereocenters. The Balaban J connectivity index is 1.88. The van der Waals surface area contributed by atoms with Crippen LogP contribution in [0.2, 0.25) is 0 Å². The molecule has 0 bridgehead atoms. The van der Waals surface area contributed by atoms with Crippen LogP contribution in [0.25, 0.3) is 0 Å². The number of alkyl halides is 1. The third-order valence-corrected chi connectivity index (χ3v) is 4.72. The average Bonchev–Trinajstić information content (AvgIpc) is 2.74. The Morgan fingerprint density at radius 3 is 1.87 bits per heavy atom. The minimum absolute atomic E-state index is 0.161. The normalized spacial score (nSPS) is 17.9. The van der Waals surface area contributed by atoms with E-state index in [1.807, 2.05) is 60.7 Å². The van der Waals surface area contributed by atoms with Gasteiger partial charge in [0.25, 0.3) is 5.91 Å². The van der Waals surface area contributed by atoms with Crippen molar-refractivity contribution in [2.75, 3.05) is 0 Å². The summed E-state index contributed by atoms with van der Waals surface area (Å²) in [5.74, 6) is -2.03. The monoisotopic (exact) mass is 410 g/mol. The number of benzene rings is 2. The third-order valence-electron chi connectivity index (χ3n) is 4.72. The first-order valence-corrected chi connectivity index (χ1v) is 9.54. The van der Waals surface area contributed by atoms with Gasteiger partial charge < -0.3 is 10.1 Å². The van der Waals surface area contributed by atoms with Gasteiger partial charge >= 0.3 is 5.97 Å². The van der Waals surface area contributed by atoms with Gasteiger partial charge in [-0.1, -0.05) is 60.7 Å². The van der Waals surface area contributed by atoms with Crippen molar-refractivity contribution >= 4 is 17.8 Å². The fraction of sp³-hybridized carbons (Fsp3) is 0.261. The molecule has 30 heavy (non-hydrogen) atoms. The first kappa shape index (κ1) is 21.2. The van der Waals surface area contributed by atoms with Gasteiger partial charge in [-0.25, -0.2) is 9.18 Å². The number of nitrogens with zero attached hydrogens (tertiary/aromatic N) is 1. The van der Waals surface area contributed by atoms with Crippen molar-refractivity contribution < 1.29 is 23.5 Å². The largest absolute Gasteiger partial charge is 0.448 e. The number of hydrogen-bond donors (Lipinski definition) is 1. The molecule has 0 aromatic heterocycles. The second-order valence-corrected chi connectivity index (χ2v) is 7.21. The van der Waals surface area contributed by atoms with Gasteiger partial charge in [-0.15, -0.1) is 0 Å². The van der Waals surface area contributed by atoms with E-state index in [1.165, 1.54) is 6.92 Å². The zero-order chi connectivity index (χ0) is 21.8. The summed E-state index contributed by atoms with van der Waals surface area (Å²) in [5.41, 5.74) is 1.75.